The maximum atomic E-state index is 11.8. The molecule has 1 amide bonds. The molecule has 0 saturated heterocycles. The van der Waals surface area contributed by atoms with Gasteiger partial charge in [-0.05, 0) is 33.9 Å². The van der Waals surface area contributed by atoms with Crippen LogP contribution >= 0.6 is 8.60 Å². The van der Waals surface area contributed by atoms with Crippen molar-refractivity contribution in [2.75, 3.05) is 40.4 Å². The third kappa shape index (κ3) is 24.7. The number of amides is 1. The molecule has 0 aliphatic heterocycles. The van der Waals surface area contributed by atoms with E-state index in [-0.39, 0.29) is 12.7 Å². The molecule has 0 spiro atoms. The zero-order chi connectivity index (χ0) is 25.3. The van der Waals surface area contributed by atoms with E-state index in [0.29, 0.717) is 19.7 Å². The molecule has 34 heavy (non-hydrogen) atoms. The molecule has 0 bridgehead atoms. The van der Waals surface area contributed by atoms with Crippen LogP contribution in [0.3, 0.4) is 0 Å². The Kier molecular flexibility index (Phi) is 25.3. The first-order valence-electron chi connectivity index (χ1n) is 13.8. The maximum Gasteiger partial charge on any atom is 0.407 e. The van der Waals surface area contributed by atoms with Gasteiger partial charge in [-0.15, -0.1) is 0 Å². The average Bonchev–Trinajstić information content (AvgIpc) is 2.79. The summed E-state index contributed by atoms with van der Waals surface area (Å²) in [6.45, 7) is 5.91. The zero-order valence-electron chi connectivity index (χ0n) is 22.7. The summed E-state index contributed by atoms with van der Waals surface area (Å²) in [4.78, 5) is 23.7. The highest BCUT2D eigenvalue weighted by Gasteiger charge is 2.17. The fourth-order valence-electron chi connectivity index (χ4n) is 3.74. The van der Waals surface area contributed by atoms with E-state index in [1.165, 1.54) is 83.5 Å². The number of unbranched alkanes of at least 4 members (excludes halogenated alkanes) is 14. The Balaban J connectivity index is 3.80. The van der Waals surface area contributed by atoms with E-state index >= 15 is 0 Å². The summed E-state index contributed by atoms with van der Waals surface area (Å²) in [5, 5.41) is 2.65. The lowest BCUT2D eigenvalue weighted by molar-refractivity contribution is 0.0513. The van der Waals surface area contributed by atoms with Crippen molar-refractivity contribution in [1.29, 1.82) is 0 Å². The predicted molar refractivity (Wildman–Crippen MR) is 143 cm³/mol. The molecule has 7 nitrogen and oxygen atoms in total. The van der Waals surface area contributed by atoms with Crippen LogP contribution in [0.5, 0.6) is 0 Å². The summed E-state index contributed by atoms with van der Waals surface area (Å²) in [5.74, 6) is 0. The van der Waals surface area contributed by atoms with Gasteiger partial charge in [0.2, 0.25) is 0 Å². The molecule has 0 aromatic carbocycles. The van der Waals surface area contributed by atoms with Gasteiger partial charge < -0.3 is 28.9 Å². The lowest BCUT2D eigenvalue weighted by Gasteiger charge is -2.20. The quantitative estimate of drug-likeness (QED) is 0.101. The summed E-state index contributed by atoms with van der Waals surface area (Å²) >= 11 is 0. The molecule has 0 aliphatic carbocycles. The van der Waals surface area contributed by atoms with Gasteiger partial charge in [0, 0.05) is 13.1 Å². The van der Waals surface area contributed by atoms with Crippen molar-refractivity contribution < 1.29 is 23.5 Å². The average molecular weight is 507 g/mol. The summed E-state index contributed by atoms with van der Waals surface area (Å²) < 4.78 is 16.2. The first-order chi connectivity index (χ1) is 16.5. The van der Waals surface area contributed by atoms with Crippen LogP contribution in [0.25, 0.3) is 0 Å². The fourth-order valence-corrected chi connectivity index (χ4v) is 4.35. The molecule has 0 saturated carbocycles. The lowest BCUT2D eigenvalue weighted by Crippen LogP contribution is -2.31. The molecule has 2 atom stereocenters. The molecule has 0 radical (unpaired) electrons. The molecule has 0 heterocycles. The van der Waals surface area contributed by atoms with E-state index in [1.54, 1.807) is 0 Å². The molecule has 2 unspecified atom stereocenters. The van der Waals surface area contributed by atoms with Crippen LogP contribution in [0, 0.1) is 0 Å². The topological polar surface area (TPSA) is 80.3 Å². The van der Waals surface area contributed by atoms with Crippen LogP contribution in [0.1, 0.15) is 117 Å². The van der Waals surface area contributed by atoms with Crippen LogP contribution in [0.4, 0.5) is 4.79 Å². The first-order valence-corrected chi connectivity index (χ1v) is 15.0. The van der Waals surface area contributed by atoms with Crippen molar-refractivity contribution in [3.63, 3.8) is 0 Å². The highest BCUT2D eigenvalue weighted by molar-refractivity contribution is 7.40. The number of hydrogen-bond acceptors (Lipinski definition) is 6. The van der Waals surface area contributed by atoms with Crippen molar-refractivity contribution in [2.24, 2.45) is 0 Å². The fraction of sp³-hybridized carbons (Fsp3) is 0.962. The number of alkyl carbamates (subject to hydrolysis) is 1. The number of rotatable bonds is 25. The molecular formula is C26H55N2O5P. The SMILES string of the molecule is CCCCCCCCCCCCCCCCCC(COP(O)OCCN(C)C)OC(=O)NCC. The number of nitrogens with zero attached hydrogens (tertiary/aromatic N) is 1. The molecule has 0 rings (SSSR count). The van der Waals surface area contributed by atoms with Gasteiger partial charge >= 0.3 is 14.7 Å². The molecule has 204 valence electrons. The van der Waals surface area contributed by atoms with Gasteiger partial charge in [0.1, 0.15) is 6.10 Å². The number of ether oxygens (including phenoxy) is 1. The standard InChI is InChI=1S/C26H55N2O5P/c1-5-7-8-9-10-11-12-13-14-15-16-17-18-19-20-21-25(33-26(29)27-6-2)24-32-34(30)31-23-22-28(3)4/h25,30H,5-24H2,1-4H3,(H,27,29). The summed E-state index contributed by atoms with van der Waals surface area (Å²) in [7, 11) is 1.93. The van der Waals surface area contributed by atoms with Crippen LogP contribution in [0.15, 0.2) is 0 Å². The molecule has 0 fully saturated rings. The number of nitrogens with one attached hydrogen (secondary N) is 1. The largest absolute Gasteiger partial charge is 0.444 e. The van der Waals surface area contributed by atoms with Gasteiger partial charge in [-0.2, -0.15) is 0 Å². The smallest absolute Gasteiger partial charge is 0.407 e. The van der Waals surface area contributed by atoms with E-state index in [0.717, 1.165) is 19.3 Å². The van der Waals surface area contributed by atoms with Gasteiger partial charge in [0.25, 0.3) is 0 Å². The summed E-state index contributed by atoms with van der Waals surface area (Å²) in [6.07, 6.45) is 19.7. The molecule has 2 N–H and O–H groups in total. The minimum absolute atomic E-state index is 0.153. The third-order valence-corrected chi connectivity index (χ3v) is 6.61. The van der Waals surface area contributed by atoms with Crippen LogP contribution in [0.2, 0.25) is 0 Å². The van der Waals surface area contributed by atoms with Crippen molar-refractivity contribution in [3.05, 3.63) is 0 Å². The third-order valence-electron chi connectivity index (χ3n) is 5.84. The Morgan fingerprint density at radius 1 is 0.824 bits per heavy atom. The normalized spacial score (nSPS) is 13.2. The first kappa shape index (κ1) is 33.5. The van der Waals surface area contributed by atoms with E-state index in [9.17, 15) is 9.69 Å². The Morgan fingerprint density at radius 3 is 1.79 bits per heavy atom. The monoisotopic (exact) mass is 506 g/mol. The Labute approximate surface area is 211 Å². The van der Waals surface area contributed by atoms with Crippen molar-refractivity contribution in [2.45, 2.75) is 123 Å². The molecule has 8 heteroatoms. The predicted octanol–water partition coefficient (Wildman–Crippen LogP) is 7.18. The molecule has 0 aromatic rings. The second-order valence-corrected chi connectivity index (χ2v) is 10.5. The van der Waals surface area contributed by atoms with Gasteiger partial charge in [-0.25, -0.2) is 4.79 Å². The zero-order valence-corrected chi connectivity index (χ0v) is 23.6. The van der Waals surface area contributed by atoms with Crippen LogP contribution < -0.4 is 5.32 Å². The Bertz CT molecular complexity index is 443. The van der Waals surface area contributed by atoms with Gasteiger partial charge in [0.05, 0.1) is 13.2 Å². The second-order valence-electron chi connectivity index (χ2n) is 9.47. The Hall–Kier alpha value is -0.460. The molecule has 0 aliphatic rings. The van der Waals surface area contributed by atoms with E-state index in [2.05, 4.69) is 12.2 Å². The maximum absolute atomic E-state index is 11.8. The number of carbonyl (C=O) groups excluding carboxylic acids is 1. The van der Waals surface area contributed by atoms with Crippen molar-refractivity contribution in [3.8, 4) is 0 Å². The van der Waals surface area contributed by atoms with Crippen molar-refractivity contribution in [1.82, 2.24) is 10.2 Å². The van der Waals surface area contributed by atoms with Gasteiger partial charge in [-0.1, -0.05) is 96.8 Å². The van der Waals surface area contributed by atoms with Crippen molar-refractivity contribution >= 4 is 14.7 Å². The van der Waals surface area contributed by atoms with Gasteiger partial charge in [-0.3, -0.25) is 0 Å². The number of likely N-dealkylation sites (N-methyl/N-ethyl adjacent to an activating group) is 1. The number of hydrogen-bond donors (Lipinski definition) is 2. The second kappa shape index (κ2) is 25.6. The summed E-state index contributed by atoms with van der Waals surface area (Å²) in [5.41, 5.74) is 0. The number of carbonyl (C=O) groups is 1. The molecular weight excluding hydrogens is 451 g/mol. The summed E-state index contributed by atoms with van der Waals surface area (Å²) in [6, 6.07) is 0. The van der Waals surface area contributed by atoms with E-state index < -0.39 is 14.7 Å². The minimum Gasteiger partial charge on any atom is -0.444 e. The molecule has 0 aromatic heterocycles. The van der Waals surface area contributed by atoms with Crippen LogP contribution in [-0.2, 0) is 13.8 Å². The highest BCUT2D eigenvalue weighted by Crippen LogP contribution is 2.33. The lowest BCUT2D eigenvalue weighted by atomic mass is 10.0. The van der Waals surface area contributed by atoms with E-state index in [1.807, 2.05) is 25.9 Å². The Morgan fingerprint density at radius 2 is 1.32 bits per heavy atom. The van der Waals surface area contributed by atoms with Crippen LogP contribution in [-0.4, -0.2) is 62.4 Å². The van der Waals surface area contributed by atoms with Gasteiger partial charge in [0.15, 0.2) is 0 Å². The highest BCUT2D eigenvalue weighted by atomic mass is 31.2. The minimum atomic E-state index is -1.95. The van der Waals surface area contributed by atoms with E-state index in [4.69, 9.17) is 13.8 Å².